The molecule has 6 heteroatoms. The monoisotopic (exact) mass is 346 g/mol. The number of hydrogen-bond acceptors (Lipinski definition) is 3. The van der Waals surface area contributed by atoms with Gasteiger partial charge in [0.15, 0.2) is 5.16 Å². The second-order valence-corrected chi connectivity index (χ2v) is 6.66. The topological polar surface area (TPSA) is 35.6 Å². The van der Waals surface area contributed by atoms with Crippen molar-refractivity contribution in [3.63, 3.8) is 0 Å². The Balaban J connectivity index is 1.76. The summed E-state index contributed by atoms with van der Waals surface area (Å²) in [6.45, 7) is 2.98. The average Bonchev–Trinajstić information content (AvgIpc) is 3.13. The first-order valence-corrected chi connectivity index (χ1v) is 8.94. The van der Waals surface area contributed by atoms with Crippen LogP contribution >= 0.6 is 23.4 Å². The molecule has 0 bridgehead atoms. The SMILES string of the molecule is CCn1c(Cc2cccn2C)nnc1SCc1ccccc1Cl. The number of benzene rings is 1. The van der Waals surface area contributed by atoms with Gasteiger partial charge in [-0.2, -0.15) is 0 Å². The number of aromatic nitrogens is 4. The molecule has 0 aliphatic heterocycles. The summed E-state index contributed by atoms with van der Waals surface area (Å²) in [6, 6.07) is 12.1. The first-order valence-electron chi connectivity index (χ1n) is 7.57. The van der Waals surface area contributed by atoms with Crippen LogP contribution < -0.4 is 0 Å². The molecule has 0 radical (unpaired) electrons. The van der Waals surface area contributed by atoms with Gasteiger partial charge in [-0.15, -0.1) is 10.2 Å². The number of halogens is 1. The van der Waals surface area contributed by atoms with E-state index in [0.717, 1.165) is 40.3 Å². The molecule has 0 saturated heterocycles. The molecule has 120 valence electrons. The summed E-state index contributed by atoms with van der Waals surface area (Å²) >= 11 is 7.90. The highest BCUT2D eigenvalue weighted by Gasteiger charge is 2.13. The minimum atomic E-state index is 0.789. The lowest BCUT2D eigenvalue weighted by Crippen LogP contribution is -2.06. The van der Waals surface area contributed by atoms with E-state index >= 15 is 0 Å². The number of aryl methyl sites for hydroxylation is 1. The van der Waals surface area contributed by atoms with Gasteiger partial charge in [0.05, 0.1) is 0 Å². The molecular weight excluding hydrogens is 328 g/mol. The molecular formula is C17H19ClN4S. The van der Waals surface area contributed by atoms with Crippen molar-refractivity contribution in [1.82, 2.24) is 19.3 Å². The van der Waals surface area contributed by atoms with Gasteiger partial charge in [-0.3, -0.25) is 0 Å². The van der Waals surface area contributed by atoms with Crippen LogP contribution in [-0.2, 0) is 25.8 Å². The summed E-state index contributed by atoms with van der Waals surface area (Å²) in [6.07, 6.45) is 2.84. The smallest absolute Gasteiger partial charge is 0.191 e. The second-order valence-electron chi connectivity index (χ2n) is 5.31. The molecule has 0 spiro atoms. The van der Waals surface area contributed by atoms with E-state index in [9.17, 15) is 0 Å². The van der Waals surface area contributed by atoms with Crippen molar-refractivity contribution in [2.24, 2.45) is 7.05 Å². The van der Waals surface area contributed by atoms with E-state index in [2.05, 4.69) is 51.6 Å². The molecule has 2 aromatic heterocycles. The molecule has 0 atom stereocenters. The Morgan fingerprint density at radius 3 is 2.65 bits per heavy atom. The maximum Gasteiger partial charge on any atom is 0.191 e. The van der Waals surface area contributed by atoms with Gasteiger partial charge in [0.25, 0.3) is 0 Å². The molecule has 3 rings (SSSR count). The molecule has 2 heterocycles. The lowest BCUT2D eigenvalue weighted by molar-refractivity contribution is 0.645. The fourth-order valence-electron chi connectivity index (χ4n) is 2.47. The first kappa shape index (κ1) is 16.1. The van der Waals surface area contributed by atoms with Crippen LogP contribution in [0.3, 0.4) is 0 Å². The van der Waals surface area contributed by atoms with Crippen molar-refractivity contribution in [3.05, 3.63) is 64.7 Å². The van der Waals surface area contributed by atoms with Gasteiger partial charge in [0.1, 0.15) is 5.82 Å². The Bertz CT molecular complexity index is 793. The standard InChI is InChI=1S/C17H19ClN4S/c1-3-22-16(11-14-8-6-10-21(14)2)19-20-17(22)23-12-13-7-4-5-9-15(13)18/h4-10H,3,11-12H2,1-2H3. The summed E-state index contributed by atoms with van der Waals surface area (Å²) in [5.41, 5.74) is 2.35. The highest BCUT2D eigenvalue weighted by molar-refractivity contribution is 7.98. The van der Waals surface area contributed by atoms with E-state index in [1.54, 1.807) is 11.8 Å². The quantitative estimate of drug-likeness (QED) is 0.628. The summed E-state index contributed by atoms with van der Waals surface area (Å²) < 4.78 is 4.29. The van der Waals surface area contributed by atoms with Crippen LogP contribution in [0.1, 0.15) is 24.0 Å². The molecule has 0 aliphatic rings. The van der Waals surface area contributed by atoms with Crippen LogP contribution in [-0.4, -0.2) is 19.3 Å². The first-order chi connectivity index (χ1) is 11.2. The molecule has 0 fully saturated rings. The van der Waals surface area contributed by atoms with Gasteiger partial charge in [-0.05, 0) is 30.7 Å². The maximum absolute atomic E-state index is 6.22. The zero-order valence-corrected chi connectivity index (χ0v) is 14.8. The largest absolute Gasteiger partial charge is 0.354 e. The van der Waals surface area contributed by atoms with Gasteiger partial charge < -0.3 is 9.13 Å². The van der Waals surface area contributed by atoms with E-state index in [-0.39, 0.29) is 0 Å². The molecule has 0 unspecified atom stereocenters. The average molecular weight is 347 g/mol. The van der Waals surface area contributed by atoms with Gasteiger partial charge in [0.2, 0.25) is 0 Å². The predicted molar refractivity (Wildman–Crippen MR) is 94.9 cm³/mol. The summed E-state index contributed by atoms with van der Waals surface area (Å²) in [7, 11) is 2.05. The van der Waals surface area contributed by atoms with Crippen molar-refractivity contribution >= 4 is 23.4 Å². The second kappa shape index (κ2) is 7.23. The predicted octanol–water partition coefficient (Wildman–Crippen LogP) is 4.17. The molecule has 0 amide bonds. The zero-order valence-electron chi connectivity index (χ0n) is 13.2. The number of hydrogen-bond donors (Lipinski definition) is 0. The van der Waals surface area contributed by atoms with Crippen LogP contribution in [0.4, 0.5) is 0 Å². The van der Waals surface area contributed by atoms with Gasteiger partial charge >= 0.3 is 0 Å². The number of nitrogens with zero attached hydrogens (tertiary/aromatic N) is 4. The van der Waals surface area contributed by atoms with Crippen LogP contribution in [0.2, 0.25) is 5.02 Å². The van der Waals surface area contributed by atoms with Crippen LogP contribution in [0, 0.1) is 0 Å². The van der Waals surface area contributed by atoms with E-state index in [1.807, 2.05) is 24.3 Å². The Morgan fingerprint density at radius 1 is 1.13 bits per heavy atom. The Morgan fingerprint density at radius 2 is 1.96 bits per heavy atom. The van der Waals surface area contributed by atoms with Crippen molar-refractivity contribution < 1.29 is 0 Å². The Kier molecular flexibility index (Phi) is 5.08. The fraction of sp³-hybridized carbons (Fsp3) is 0.294. The van der Waals surface area contributed by atoms with Crippen LogP contribution in [0.15, 0.2) is 47.8 Å². The van der Waals surface area contributed by atoms with Gasteiger partial charge in [-0.1, -0.05) is 41.6 Å². The van der Waals surface area contributed by atoms with Crippen molar-refractivity contribution in [2.45, 2.75) is 30.8 Å². The zero-order chi connectivity index (χ0) is 16.2. The third kappa shape index (κ3) is 3.62. The van der Waals surface area contributed by atoms with Crippen molar-refractivity contribution in [3.8, 4) is 0 Å². The normalized spacial score (nSPS) is 11.1. The van der Waals surface area contributed by atoms with Crippen LogP contribution in [0.5, 0.6) is 0 Å². The Hall–Kier alpha value is -1.72. The minimum absolute atomic E-state index is 0.789. The van der Waals surface area contributed by atoms with Gasteiger partial charge in [-0.25, -0.2) is 0 Å². The van der Waals surface area contributed by atoms with E-state index < -0.39 is 0 Å². The molecule has 3 aromatic rings. The van der Waals surface area contributed by atoms with Gasteiger partial charge in [0, 0.05) is 42.7 Å². The summed E-state index contributed by atoms with van der Waals surface area (Å²) in [5, 5.41) is 10.5. The van der Waals surface area contributed by atoms with E-state index in [0.29, 0.717) is 0 Å². The molecule has 0 saturated carbocycles. The van der Waals surface area contributed by atoms with Crippen molar-refractivity contribution in [1.29, 1.82) is 0 Å². The minimum Gasteiger partial charge on any atom is -0.354 e. The molecule has 4 nitrogen and oxygen atoms in total. The molecule has 0 N–H and O–H groups in total. The summed E-state index contributed by atoms with van der Waals surface area (Å²) in [4.78, 5) is 0. The molecule has 0 aliphatic carbocycles. The van der Waals surface area contributed by atoms with E-state index in [1.165, 1.54) is 5.69 Å². The molecule has 23 heavy (non-hydrogen) atoms. The highest BCUT2D eigenvalue weighted by atomic mass is 35.5. The fourth-order valence-corrected chi connectivity index (χ4v) is 3.78. The number of thioether (sulfide) groups is 1. The molecule has 1 aromatic carbocycles. The highest BCUT2D eigenvalue weighted by Crippen LogP contribution is 2.26. The van der Waals surface area contributed by atoms with E-state index in [4.69, 9.17) is 11.6 Å². The van der Waals surface area contributed by atoms with Crippen molar-refractivity contribution in [2.75, 3.05) is 0 Å². The third-order valence-corrected chi connectivity index (χ3v) is 5.20. The number of rotatable bonds is 6. The summed E-state index contributed by atoms with van der Waals surface area (Å²) in [5.74, 6) is 1.79. The Labute approximate surface area is 145 Å². The third-order valence-electron chi connectivity index (χ3n) is 3.81. The lowest BCUT2D eigenvalue weighted by Gasteiger charge is -2.08. The maximum atomic E-state index is 6.22. The lowest BCUT2D eigenvalue weighted by atomic mass is 10.2. The van der Waals surface area contributed by atoms with Crippen LogP contribution in [0.25, 0.3) is 0 Å².